The molecule has 2 heterocycles. The van der Waals surface area contributed by atoms with Gasteiger partial charge in [0.2, 0.25) is 0 Å². The average Bonchev–Trinajstić information content (AvgIpc) is 2.56. The minimum Gasteiger partial charge on any atom is -0.379 e. The molecular formula is C16H19N3O3. The minimum atomic E-state index is -0.121. The van der Waals surface area contributed by atoms with Crippen LogP contribution >= 0.6 is 0 Å². The third-order valence-electron chi connectivity index (χ3n) is 3.73. The molecule has 0 saturated carbocycles. The van der Waals surface area contributed by atoms with Gasteiger partial charge in [-0.3, -0.25) is 14.8 Å². The maximum absolute atomic E-state index is 12.5. The predicted octanol–water partition coefficient (Wildman–Crippen LogP) is 1.55. The summed E-state index contributed by atoms with van der Waals surface area (Å²) in [6.07, 6.45) is 3.91. The molecule has 3 rings (SSSR count). The van der Waals surface area contributed by atoms with E-state index in [0.29, 0.717) is 30.9 Å². The Morgan fingerprint density at radius 3 is 3.00 bits per heavy atom. The Morgan fingerprint density at radius 2 is 2.18 bits per heavy atom. The number of rotatable bonds is 4. The summed E-state index contributed by atoms with van der Waals surface area (Å²) in [5, 5.41) is 3.04. The molecule has 0 spiro atoms. The number of hydrogen-bond acceptors (Lipinski definition) is 5. The van der Waals surface area contributed by atoms with Crippen molar-refractivity contribution in [2.24, 2.45) is 0 Å². The summed E-state index contributed by atoms with van der Waals surface area (Å²) in [6, 6.07) is 5.30. The summed E-state index contributed by atoms with van der Waals surface area (Å²) in [6.45, 7) is 3.70. The third kappa shape index (κ3) is 3.23. The van der Waals surface area contributed by atoms with Gasteiger partial charge in [-0.15, -0.1) is 0 Å². The van der Waals surface area contributed by atoms with Crippen LogP contribution in [0.15, 0.2) is 30.6 Å². The lowest BCUT2D eigenvalue weighted by molar-refractivity contribution is -0.0632. The first-order valence-corrected chi connectivity index (χ1v) is 7.49. The number of carbonyl (C=O) groups is 1. The highest BCUT2D eigenvalue weighted by atomic mass is 16.5. The fourth-order valence-corrected chi connectivity index (χ4v) is 2.61. The standard InChI is InChI=1S/C16H19N3O3/c1-2-22-15-10-21-8-5-13(15)19-16(20)11-3-4-12-14(9-11)18-7-6-17-12/h3-4,6-7,9,13,15H,2,5,8,10H2,1H3,(H,19,20)/t13-,15-/m1/s1. The van der Waals surface area contributed by atoms with Crippen LogP contribution in [0.3, 0.4) is 0 Å². The summed E-state index contributed by atoms with van der Waals surface area (Å²) < 4.78 is 11.1. The van der Waals surface area contributed by atoms with Crippen molar-refractivity contribution in [3.63, 3.8) is 0 Å². The van der Waals surface area contributed by atoms with Crippen LogP contribution in [0.1, 0.15) is 23.7 Å². The van der Waals surface area contributed by atoms with Gasteiger partial charge in [0, 0.05) is 31.2 Å². The molecule has 1 amide bonds. The summed E-state index contributed by atoms with van der Waals surface area (Å²) in [5.74, 6) is -0.121. The fraction of sp³-hybridized carbons (Fsp3) is 0.438. The molecule has 1 aliphatic heterocycles. The van der Waals surface area contributed by atoms with Crippen LogP contribution in [0, 0.1) is 0 Å². The molecule has 1 aliphatic rings. The van der Waals surface area contributed by atoms with Crippen molar-refractivity contribution in [2.75, 3.05) is 19.8 Å². The molecule has 22 heavy (non-hydrogen) atoms. The van der Waals surface area contributed by atoms with E-state index in [-0.39, 0.29) is 18.1 Å². The zero-order valence-electron chi connectivity index (χ0n) is 12.5. The number of carbonyl (C=O) groups excluding carboxylic acids is 1. The number of hydrogen-bond donors (Lipinski definition) is 1. The summed E-state index contributed by atoms with van der Waals surface area (Å²) in [5.41, 5.74) is 2.07. The molecule has 1 saturated heterocycles. The molecule has 1 N–H and O–H groups in total. The summed E-state index contributed by atoms with van der Waals surface area (Å²) >= 11 is 0. The summed E-state index contributed by atoms with van der Waals surface area (Å²) in [7, 11) is 0. The van der Waals surface area contributed by atoms with Crippen LogP contribution < -0.4 is 5.32 Å². The van der Waals surface area contributed by atoms with Gasteiger partial charge in [0.1, 0.15) is 6.10 Å². The molecule has 0 aliphatic carbocycles. The lowest BCUT2D eigenvalue weighted by atomic mass is 10.0. The third-order valence-corrected chi connectivity index (χ3v) is 3.73. The zero-order chi connectivity index (χ0) is 15.4. The molecule has 2 atom stereocenters. The Kier molecular flexibility index (Phi) is 4.60. The van der Waals surface area contributed by atoms with E-state index >= 15 is 0 Å². The molecule has 1 fully saturated rings. The maximum Gasteiger partial charge on any atom is 0.251 e. The number of ether oxygens (including phenoxy) is 2. The quantitative estimate of drug-likeness (QED) is 0.927. The van der Waals surface area contributed by atoms with E-state index in [1.165, 1.54) is 0 Å². The van der Waals surface area contributed by atoms with Gasteiger partial charge in [0.15, 0.2) is 0 Å². The second kappa shape index (κ2) is 6.81. The van der Waals surface area contributed by atoms with E-state index in [9.17, 15) is 4.79 Å². The van der Waals surface area contributed by atoms with Gasteiger partial charge in [-0.2, -0.15) is 0 Å². The van der Waals surface area contributed by atoms with Gasteiger partial charge in [0.05, 0.1) is 23.7 Å². The molecule has 6 heteroatoms. The lowest BCUT2D eigenvalue weighted by Crippen LogP contribution is -2.50. The topological polar surface area (TPSA) is 73.3 Å². The van der Waals surface area contributed by atoms with Gasteiger partial charge >= 0.3 is 0 Å². The molecule has 6 nitrogen and oxygen atoms in total. The van der Waals surface area contributed by atoms with Gasteiger partial charge in [-0.1, -0.05) is 0 Å². The minimum absolute atomic E-state index is 0.0289. The zero-order valence-corrected chi connectivity index (χ0v) is 12.5. The maximum atomic E-state index is 12.5. The smallest absolute Gasteiger partial charge is 0.251 e. The molecule has 1 aromatic carbocycles. The largest absolute Gasteiger partial charge is 0.379 e. The Labute approximate surface area is 128 Å². The SMILES string of the molecule is CCO[C@@H]1COCC[C@H]1NC(=O)c1ccc2nccnc2c1. The Morgan fingerprint density at radius 1 is 1.36 bits per heavy atom. The van der Waals surface area contributed by atoms with Gasteiger partial charge in [0.25, 0.3) is 5.91 Å². The second-order valence-electron chi connectivity index (χ2n) is 5.20. The van der Waals surface area contributed by atoms with Crippen LogP contribution in [0.5, 0.6) is 0 Å². The molecule has 1 aromatic heterocycles. The highest BCUT2D eigenvalue weighted by molar-refractivity contribution is 5.97. The van der Waals surface area contributed by atoms with Crippen LogP contribution in [-0.4, -0.2) is 47.8 Å². The van der Waals surface area contributed by atoms with Crippen molar-refractivity contribution >= 4 is 16.9 Å². The lowest BCUT2D eigenvalue weighted by Gasteiger charge is -2.31. The Bertz CT molecular complexity index is 660. The highest BCUT2D eigenvalue weighted by Crippen LogP contribution is 2.14. The normalized spacial score (nSPS) is 21.7. The van der Waals surface area contributed by atoms with Gasteiger partial charge < -0.3 is 14.8 Å². The van der Waals surface area contributed by atoms with E-state index in [1.807, 2.05) is 6.92 Å². The van der Waals surface area contributed by atoms with Gasteiger partial charge in [-0.25, -0.2) is 0 Å². The van der Waals surface area contributed by atoms with E-state index in [4.69, 9.17) is 9.47 Å². The van der Waals surface area contributed by atoms with Crippen molar-refractivity contribution in [1.29, 1.82) is 0 Å². The number of amides is 1. The van der Waals surface area contributed by atoms with E-state index in [0.717, 1.165) is 11.9 Å². The molecule has 0 unspecified atom stereocenters. The van der Waals surface area contributed by atoms with Crippen molar-refractivity contribution in [3.05, 3.63) is 36.2 Å². The van der Waals surface area contributed by atoms with Crippen LogP contribution in [0.2, 0.25) is 0 Å². The van der Waals surface area contributed by atoms with E-state index in [1.54, 1.807) is 30.6 Å². The average molecular weight is 301 g/mol. The second-order valence-corrected chi connectivity index (χ2v) is 5.20. The van der Waals surface area contributed by atoms with Crippen LogP contribution in [-0.2, 0) is 9.47 Å². The fourth-order valence-electron chi connectivity index (χ4n) is 2.61. The number of nitrogens with one attached hydrogen (secondary N) is 1. The first-order valence-electron chi connectivity index (χ1n) is 7.49. The highest BCUT2D eigenvalue weighted by Gasteiger charge is 2.27. The van der Waals surface area contributed by atoms with Crippen molar-refractivity contribution in [2.45, 2.75) is 25.5 Å². The number of aromatic nitrogens is 2. The van der Waals surface area contributed by atoms with Crippen molar-refractivity contribution in [3.8, 4) is 0 Å². The van der Waals surface area contributed by atoms with E-state index < -0.39 is 0 Å². The summed E-state index contributed by atoms with van der Waals surface area (Å²) in [4.78, 5) is 20.9. The van der Waals surface area contributed by atoms with Crippen molar-refractivity contribution < 1.29 is 14.3 Å². The Hall–Kier alpha value is -2.05. The Balaban J connectivity index is 1.74. The number of fused-ring (bicyclic) bond motifs is 1. The molecule has 116 valence electrons. The predicted molar refractivity (Wildman–Crippen MR) is 81.6 cm³/mol. The number of benzene rings is 1. The van der Waals surface area contributed by atoms with E-state index in [2.05, 4.69) is 15.3 Å². The number of nitrogens with zero attached hydrogens (tertiary/aromatic N) is 2. The van der Waals surface area contributed by atoms with Crippen molar-refractivity contribution in [1.82, 2.24) is 15.3 Å². The monoisotopic (exact) mass is 301 g/mol. The van der Waals surface area contributed by atoms with Gasteiger partial charge in [-0.05, 0) is 31.5 Å². The molecular weight excluding hydrogens is 282 g/mol. The first-order chi connectivity index (χ1) is 10.8. The molecule has 0 radical (unpaired) electrons. The first kappa shape index (κ1) is 14.9. The molecule has 2 aromatic rings. The van der Waals surface area contributed by atoms with Crippen LogP contribution in [0.25, 0.3) is 11.0 Å². The molecule has 0 bridgehead atoms. The van der Waals surface area contributed by atoms with Crippen LogP contribution in [0.4, 0.5) is 0 Å².